The Labute approximate surface area is 138 Å². The number of para-hydroxylation sites is 1. The first kappa shape index (κ1) is 14.9. The molecule has 0 aliphatic carbocycles. The summed E-state index contributed by atoms with van der Waals surface area (Å²) in [4.78, 5) is 17.0. The van der Waals surface area contributed by atoms with Crippen LogP contribution in [-0.2, 0) is 4.79 Å². The van der Waals surface area contributed by atoms with Crippen molar-refractivity contribution in [3.8, 4) is 0 Å². The number of nitrogens with zero attached hydrogens (tertiary/aromatic N) is 1. The first-order valence-corrected chi connectivity index (χ1v) is 7.92. The monoisotopic (exact) mass is 328 g/mol. The van der Waals surface area contributed by atoms with Gasteiger partial charge in [0, 0.05) is 0 Å². The van der Waals surface area contributed by atoms with Crippen molar-refractivity contribution in [1.29, 1.82) is 0 Å². The molecule has 2 aromatic rings. The lowest BCUT2D eigenvalue weighted by atomic mass is 10.1. The normalized spacial score (nSPS) is 18.0. The zero-order chi connectivity index (χ0) is 15.5. The highest BCUT2D eigenvalue weighted by molar-refractivity contribution is 8.18. The molecule has 0 bridgehead atoms. The van der Waals surface area contributed by atoms with Gasteiger partial charge in [-0.15, -0.1) is 0 Å². The van der Waals surface area contributed by atoms with Crippen molar-refractivity contribution in [3.05, 3.63) is 69.6 Å². The summed E-state index contributed by atoms with van der Waals surface area (Å²) in [5.41, 5.74) is 2.82. The fourth-order valence-corrected chi connectivity index (χ4v) is 2.96. The Hall–Kier alpha value is -2.04. The van der Waals surface area contributed by atoms with Crippen LogP contribution in [0.4, 0.5) is 5.69 Å². The second kappa shape index (κ2) is 6.38. The molecule has 5 heteroatoms. The van der Waals surface area contributed by atoms with Crippen LogP contribution in [0.25, 0.3) is 6.08 Å². The number of halogens is 1. The van der Waals surface area contributed by atoms with Crippen LogP contribution in [0.2, 0.25) is 5.02 Å². The van der Waals surface area contributed by atoms with Gasteiger partial charge in [0.15, 0.2) is 5.17 Å². The van der Waals surface area contributed by atoms with Gasteiger partial charge in [0.05, 0.1) is 15.6 Å². The van der Waals surface area contributed by atoms with Gasteiger partial charge in [-0.05, 0) is 42.5 Å². The van der Waals surface area contributed by atoms with Crippen molar-refractivity contribution in [1.82, 2.24) is 5.32 Å². The number of carbonyl (C=O) groups excluding carboxylic acids is 1. The number of amidine groups is 1. The summed E-state index contributed by atoms with van der Waals surface area (Å²) in [6.07, 6.45) is 1.86. The van der Waals surface area contributed by atoms with Crippen LogP contribution in [-0.4, -0.2) is 11.1 Å². The van der Waals surface area contributed by atoms with Crippen molar-refractivity contribution in [2.24, 2.45) is 4.99 Å². The van der Waals surface area contributed by atoms with Crippen molar-refractivity contribution in [3.63, 3.8) is 0 Å². The van der Waals surface area contributed by atoms with Crippen molar-refractivity contribution >= 4 is 46.2 Å². The Kier molecular flexibility index (Phi) is 4.32. The minimum atomic E-state index is -0.142. The number of rotatable bonds is 2. The average Bonchev–Trinajstić information content (AvgIpc) is 2.84. The molecule has 1 N–H and O–H groups in total. The number of thioether (sulfide) groups is 1. The minimum Gasteiger partial charge on any atom is -0.300 e. The maximum atomic E-state index is 12.0. The quantitative estimate of drug-likeness (QED) is 0.822. The average molecular weight is 329 g/mol. The van der Waals surface area contributed by atoms with E-state index in [4.69, 9.17) is 11.6 Å². The largest absolute Gasteiger partial charge is 0.300 e. The SMILES string of the molecule is Cc1ccc(/C=C2\SC(=Nc3ccccc3Cl)NC2=O)cc1. The third-order valence-corrected chi connectivity index (χ3v) is 4.33. The highest BCUT2D eigenvalue weighted by atomic mass is 35.5. The van der Waals surface area contributed by atoms with Gasteiger partial charge in [-0.2, -0.15) is 0 Å². The van der Waals surface area contributed by atoms with Crippen molar-refractivity contribution < 1.29 is 4.79 Å². The number of aryl methyl sites for hydroxylation is 1. The number of hydrogen-bond acceptors (Lipinski definition) is 3. The smallest absolute Gasteiger partial charge is 0.264 e. The highest BCUT2D eigenvalue weighted by Crippen LogP contribution is 2.30. The van der Waals surface area contributed by atoms with E-state index in [0.29, 0.717) is 20.8 Å². The fraction of sp³-hybridized carbons (Fsp3) is 0.0588. The van der Waals surface area contributed by atoms with E-state index < -0.39 is 0 Å². The molecule has 0 aromatic heterocycles. The van der Waals surface area contributed by atoms with Gasteiger partial charge in [-0.3, -0.25) is 4.79 Å². The first-order chi connectivity index (χ1) is 10.6. The van der Waals surface area contributed by atoms with Gasteiger partial charge in [-0.25, -0.2) is 4.99 Å². The highest BCUT2D eigenvalue weighted by Gasteiger charge is 2.23. The predicted molar refractivity (Wildman–Crippen MR) is 93.4 cm³/mol. The molecule has 0 atom stereocenters. The molecule has 110 valence electrons. The van der Waals surface area contributed by atoms with Gasteiger partial charge in [-0.1, -0.05) is 53.6 Å². The Balaban J connectivity index is 1.84. The number of carbonyl (C=O) groups is 1. The molecule has 0 radical (unpaired) electrons. The standard InChI is InChI=1S/C17H13ClN2OS/c1-11-6-8-12(9-7-11)10-15-16(21)20-17(22-15)19-14-5-3-2-4-13(14)18/h2-10H,1H3,(H,19,20,21)/b15-10-. The van der Waals surface area contributed by atoms with Crippen LogP contribution in [0.5, 0.6) is 0 Å². The van der Waals surface area contributed by atoms with Gasteiger partial charge in [0.25, 0.3) is 5.91 Å². The zero-order valence-corrected chi connectivity index (χ0v) is 13.4. The fourth-order valence-electron chi connectivity index (χ4n) is 1.95. The topological polar surface area (TPSA) is 41.5 Å². The summed E-state index contributed by atoms with van der Waals surface area (Å²) >= 11 is 7.39. The Morgan fingerprint density at radius 1 is 1.14 bits per heavy atom. The van der Waals surface area contributed by atoms with Crippen molar-refractivity contribution in [2.75, 3.05) is 0 Å². The van der Waals surface area contributed by atoms with Gasteiger partial charge >= 0.3 is 0 Å². The molecular formula is C17H13ClN2OS. The lowest BCUT2D eigenvalue weighted by Crippen LogP contribution is -2.19. The van der Waals surface area contributed by atoms with Gasteiger partial charge in [0.1, 0.15) is 0 Å². The number of amides is 1. The van der Waals surface area contributed by atoms with E-state index in [-0.39, 0.29) is 5.91 Å². The van der Waals surface area contributed by atoms with E-state index in [0.717, 1.165) is 5.56 Å². The van der Waals surface area contributed by atoms with Crippen LogP contribution in [0.15, 0.2) is 58.4 Å². The summed E-state index contributed by atoms with van der Waals surface area (Å²) in [6.45, 7) is 2.03. The Morgan fingerprint density at radius 3 is 2.59 bits per heavy atom. The molecule has 0 saturated carbocycles. The van der Waals surface area contributed by atoms with Crippen LogP contribution in [0, 0.1) is 6.92 Å². The number of hydrogen-bond donors (Lipinski definition) is 1. The van der Waals surface area contributed by atoms with Crippen molar-refractivity contribution in [2.45, 2.75) is 6.92 Å². The lowest BCUT2D eigenvalue weighted by Gasteiger charge is -1.98. The van der Waals surface area contributed by atoms with E-state index in [1.807, 2.05) is 55.5 Å². The van der Waals surface area contributed by atoms with E-state index in [1.54, 1.807) is 6.07 Å². The molecule has 1 aliphatic rings. The third-order valence-electron chi connectivity index (χ3n) is 3.10. The molecule has 2 aromatic carbocycles. The summed E-state index contributed by atoms with van der Waals surface area (Å²) in [5, 5.41) is 3.85. The summed E-state index contributed by atoms with van der Waals surface area (Å²) < 4.78 is 0. The summed E-state index contributed by atoms with van der Waals surface area (Å²) in [6, 6.07) is 15.3. The molecule has 22 heavy (non-hydrogen) atoms. The number of benzene rings is 2. The molecule has 3 nitrogen and oxygen atoms in total. The third kappa shape index (κ3) is 3.40. The second-order valence-electron chi connectivity index (χ2n) is 4.84. The second-order valence-corrected chi connectivity index (χ2v) is 6.28. The van der Waals surface area contributed by atoms with E-state index >= 15 is 0 Å². The van der Waals surface area contributed by atoms with Gasteiger partial charge < -0.3 is 5.32 Å². The van der Waals surface area contributed by atoms with E-state index in [2.05, 4.69) is 10.3 Å². The molecule has 1 saturated heterocycles. The molecule has 1 amide bonds. The van der Waals surface area contributed by atoms with Gasteiger partial charge in [0.2, 0.25) is 0 Å². The summed E-state index contributed by atoms with van der Waals surface area (Å²) in [7, 11) is 0. The number of nitrogens with one attached hydrogen (secondary N) is 1. The zero-order valence-electron chi connectivity index (χ0n) is 11.8. The van der Waals surface area contributed by atoms with Crippen LogP contribution in [0.1, 0.15) is 11.1 Å². The molecule has 1 heterocycles. The molecule has 0 spiro atoms. The molecule has 3 rings (SSSR count). The van der Waals surface area contributed by atoms with E-state index in [1.165, 1.54) is 17.3 Å². The van der Waals surface area contributed by atoms with E-state index in [9.17, 15) is 4.79 Å². The lowest BCUT2D eigenvalue weighted by molar-refractivity contribution is -0.115. The van der Waals surface area contributed by atoms with Crippen LogP contribution < -0.4 is 5.32 Å². The summed E-state index contributed by atoms with van der Waals surface area (Å²) in [5.74, 6) is -0.142. The maximum Gasteiger partial charge on any atom is 0.264 e. The Bertz CT molecular complexity index is 782. The molecule has 0 unspecified atom stereocenters. The number of aliphatic imine (C=N–C) groups is 1. The first-order valence-electron chi connectivity index (χ1n) is 6.72. The molecule has 1 fully saturated rings. The predicted octanol–water partition coefficient (Wildman–Crippen LogP) is 4.54. The Morgan fingerprint density at radius 2 is 1.86 bits per heavy atom. The minimum absolute atomic E-state index is 0.142. The van der Waals surface area contributed by atoms with Crippen LogP contribution in [0.3, 0.4) is 0 Å². The maximum absolute atomic E-state index is 12.0. The molecule has 1 aliphatic heterocycles. The van der Waals surface area contributed by atoms with Crippen LogP contribution >= 0.6 is 23.4 Å². The molecular weight excluding hydrogens is 316 g/mol.